The first-order valence-electron chi connectivity index (χ1n) is 5.12. The molecule has 0 saturated heterocycles. The van der Waals surface area contributed by atoms with Crippen LogP contribution < -0.4 is 11.3 Å². The van der Waals surface area contributed by atoms with Crippen LogP contribution >= 0.6 is 0 Å². The molecular weight excluding hydrogens is 226 g/mol. The lowest BCUT2D eigenvalue weighted by Gasteiger charge is -2.15. The molecule has 0 radical (unpaired) electrons. The van der Waals surface area contributed by atoms with Gasteiger partial charge < -0.3 is 15.6 Å². The number of aromatic amines is 1. The zero-order valence-electron chi connectivity index (χ0n) is 9.25. The van der Waals surface area contributed by atoms with Crippen molar-refractivity contribution < 1.29 is 9.84 Å². The zero-order valence-corrected chi connectivity index (χ0v) is 9.25. The van der Waals surface area contributed by atoms with Crippen LogP contribution in [0.15, 0.2) is 11.1 Å². The molecule has 1 unspecified atom stereocenters. The fourth-order valence-corrected chi connectivity index (χ4v) is 1.57. The van der Waals surface area contributed by atoms with Gasteiger partial charge in [0.05, 0.1) is 12.9 Å². The molecule has 0 fully saturated rings. The van der Waals surface area contributed by atoms with Crippen molar-refractivity contribution in [2.75, 3.05) is 18.9 Å². The maximum absolute atomic E-state index is 11.5. The van der Waals surface area contributed by atoms with Gasteiger partial charge in [-0.25, -0.2) is 4.98 Å². The SMILES string of the molecule is CCOC(CO)n1cnc2c(=O)[nH]c(N)nc21. The summed E-state index contributed by atoms with van der Waals surface area (Å²) in [7, 11) is 0. The summed E-state index contributed by atoms with van der Waals surface area (Å²) in [6.45, 7) is 1.98. The number of aliphatic hydroxyl groups excluding tert-OH is 1. The summed E-state index contributed by atoms with van der Waals surface area (Å²) < 4.78 is 6.78. The number of nitrogens with one attached hydrogen (secondary N) is 1. The number of hydrogen-bond donors (Lipinski definition) is 3. The van der Waals surface area contributed by atoms with E-state index in [1.54, 1.807) is 6.92 Å². The number of H-pyrrole nitrogens is 1. The lowest BCUT2D eigenvalue weighted by Crippen LogP contribution is -2.18. The molecular formula is C9H13N5O3. The van der Waals surface area contributed by atoms with Crippen LogP contribution in [0.2, 0.25) is 0 Å². The molecule has 17 heavy (non-hydrogen) atoms. The molecule has 2 heterocycles. The highest BCUT2D eigenvalue weighted by Crippen LogP contribution is 2.14. The minimum atomic E-state index is -0.626. The number of nitrogens with zero attached hydrogens (tertiary/aromatic N) is 3. The van der Waals surface area contributed by atoms with E-state index in [4.69, 9.17) is 10.5 Å². The Kier molecular flexibility index (Phi) is 3.07. The number of nitrogen functional groups attached to an aromatic ring is 1. The molecule has 4 N–H and O–H groups in total. The Labute approximate surface area is 96.1 Å². The highest BCUT2D eigenvalue weighted by Gasteiger charge is 2.16. The van der Waals surface area contributed by atoms with Gasteiger partial charge in [-0.3, -0.25) is 14.3 Å². The standard InChI is InChI=1S/C9H13N5O3/c1-2-17-5(3-15)14-4-11-6-7(14)12-9(10)13-8(6)16/h4-5,15H,2-3H2,1H3,(H3,10,12,13,16). The molecule has 2 rings (SSSR count). The van der Waals surface area contributed by atoms with E-state index in [1.807, 2.05) is 0 Å². The highest BCUT2D eigenvalue weighted by atomic mass is 16.5. The van der Waals surface area contributed by atoms with E-state index < -0.39 is 11.8 Å². The maximum atomic E-state index is 11.5. The molecule has 92 valence electrons. The maximum Gasteiger partial charge on any atom is 0.280 e. The second kappa shape index (κ2) is 4.52. The van der Waals surface area contributed by atoms with Crippen LogP contribution in [0.5, 0.6) is 0 Å². The van der Waals surface area contributed by atoms with Crippen LogP contribution in [0, 0.1) is 0 Å². The first kappa shape index (κ1) is 11.6. The van der Waals surface area contributed by atoms with Gasteiger partial charge in [-0.2, -0.15) is 4.98 Å². The van der Waals surface area contributed by atoms with Crippen LogP contribution in [0.1, 0.15) is 13.2 Å². The van der Waals surface area contributed by atoms with Gasteiger partial charge in [-0.15, -0.1) is 0 Å². The Balaban J connectivity index is 2.58. The minimum Gasteiger partial charge on any atom is -0.392 e. The quantitative estimate of drug-likeness (QED) is 0.644. The van der Waals surface area contributed by atoms with Gasteiger partial charge in [-0.1, -0.05) is 0 Å². The Morgan fingerprint density at radius 3 is 3.12 bits per heavy atom. The number of imidazole rings is 1. The lowest BCUT2D eigenvalue weighted by atomic mass is 10.5. The van der Waals surface area contributed by atoms with Crippen molar-refractivity contribution in [2.45, 2.75) is 13.2 Å². The van der Waals surface area contributed by atoms with Crippen molar-refractivity contribution in [2.24, 2.45) is 0 Å². The van der Waals surface area contributed by atoms with Crippen LogP contribution in [0.3, 0.4) is 0 Å². The van der Waals surface area contributed by atoms with Crippen molar-refractivity contribution >= 4 is 17.1 Å². The number of aliphatic hydroxyl groups is 1. The van der Waals surface area contributed by atoms with Crippen LogP contribution in [0.25, 0.3) is 11.2 Å². The van der Waals surface area contributed by atoms with Crippen LogP contribution in [-0.4, -0.2) is 37.8 Å². The third-order valence-corrected chi connectivity index (χ3v) is 2.28. The van der Waals surface area contributed by atoms with Gasteiger partial charge >= 0.3 is 0 Å². The number of fused-ring (bicyclic) bond motifs is 1. The molecule has 8 heteroatoms. The third kappa shape index (κ3) is 1.99. The first-order chi connectivity index (χ1) is 8.17. The zero-order chi connectivity index (χ0) is 12.4. The number of nitrogens with two attached hydrogens (primary N) is 1. The molecule has 0 aliphatic heterocycles. The van der Waals surface area contributed by atoms with Gasteiger partial charge in [0, 0.05) is 6.61 Å². The van der Waals surface area contributed by atoms with Crippen molar-refractivity contribution in [3.63, 3.8) is 0 Å². The average molecular weight is 239 g/mol. The number of aromatic nitrogens is 4. The molecule has 8 nitrogen and oxygen atoms in total. The molecule has 2 aromatic rings. The molecule has 0 amide bonds. The number of anilines is 1. The van der Waals surface area contributed by atoms with E-state index >= 15 is 0 Å². The fourth-order valence-electron chi connectivity index (χ4n) is 1.57. The van der Waals surface area contributed by atoms with Gasteiger partial charge in [0.1, 0.15) is 0 Å². The molecule has 2 aromatic heterocycles. The molecule has 0 spiro atoms. The van der Waals surface area contributed by atoms with Gasteiger partial charge in [-0.05, 0) is 6.92 Å². The predicted molar refractivity (Wildman–Crippen MR) is 60.3 cm³/mol. The average Bonchev–Trinajstić information content (AvgIpc) is 2.69. The summed E-state index contributed by atoms with van der Waals surface area (Å²) in [6.07, 6.45) is 0.766. The smallest absolute Gasteiger partial charge is 0.280 e. The Bertz CT molecular complexity index is 576. The van der Waals surface area contributed by atoms with E-state index in [1.165, 1.54) is 10.9 Å². The normalized spacial score (nSPS) is 13.1. The predicted octanol–water partition coefficient (Wildman–Crippen LogP) is -0.771. The summed E-state index contributed by atoms with van der Waals surface area (Å²) in [5.41, 5.74) is 5.49. The Hall–Kier alpha value is -1.93. The molecule has 0 aliphatic rings. The van der Waals surface area contributed by atoms with E-state index in [0.717, 1.165) is 0 Å². The summed E-state index contributed by atoms with van der Waals surface area (Å²) in [6, 6.07) is 0. The Morgan fingerprint density at radius 1 is 1.71 bits per heavy atom. The van der Waals surface area contributed by atoms with Crippen molar-refractivity contribution in [1.29, 1.82) is 0 Å². The molecule has 0 bridgehead atoms. The molecule has 1 atom stereocenters. The summed E-state index contributed by atoms with van der Waals surface area (Å²) in [5.74, 6) is -0.00237. The lowest BCUT2D eigenvalue weighted by molar-refractivity contribution is -0.0261. The highest BCUT2D eigenvalue weighted by molar-refractivity contribution is 5.70. The Morgan fingerprint density at radius 2 is 2.47 bits per heavy atom. The van der Waals surface area contributed by atoms with E-state index in [0.29, 0.717) is 12.3 Å². The topological polar surface area (TPSA) is 119 Å². The monoisotopic (exact) mass is 239 g/mol. The van der Waals surface area contributed by atoms with Gasteiger partial charge in [0.25, 0.3) is 5.56 Å². The van der Waals surface area contributed by atoms with Gasteiger partial charge in [0.15, 0.2) is 17.4 Å². The van der Waals surface area contributed by atoms with Gasteiger partial charge in [0.2, 0.25) is 5.95 Å². The summed E-state index contributed by atoms with van der Waals surface area (Å²) in [5, 5.41) is 9.21. The second-order valence-corrected chi connectivity index (χ2v) is 3.37. The third-order valence-electron chi connectivity index (χ3n) is 2.28. The second-order valence-electron chi connectivity index (χ2n) is 3.37. The van der Waals surface area contributed by atoms with Crippen molar-refractivity contribution in [1.82, 2.24) is 19.5 Å². The van der Waals surface area contributed by atoms with E-state index in [-0.39, 0.29) is 18.1 Å². The largest absolute Gasteiger partial charge is 0.392 e. The number of rotatable bonds is 4. The number of ether oxygens (including phenoxy) is 1. The summed E-state index contributed by atoms with van der Waals surface area (Å²) >= 11 is 0. The van der Waals surface area contributed by atoms with E-state index in [2.05, 4.69) is 15.0 Å². The van der Waals surface area contributed by atoms with Crippen LogP contribution in [-0.2, 0) is 4.74 Å². The molecule has 0 aliphatic carbocycles. The van der Waals surface area contributed by atoms with E-state index in [9.17, 15) is 9.90 Å². The minimum absolute atomic E-state index is 0.00237. The fraction of sp³-hybridized carbons (Fsp3) is 0.444. The summed E-state index contributed by atoms with van der Waals surface area (Å²) in [4.78, 5) is 21.8. The molecule has 0 aromatic carbocycles. The van der Waals surface area contributed by atoms with Crippen molar-refractivity contribution in [3.05, 3.63) is 16.7 Å². The van der Waals surface area contributed by atoms with Crippen LogP contribution in [0.4, 0.5) is 5.95 Å². The molecule has 0 saturated carbocycles. The first-order valence-corrected chi connectivity index (χ1v) is 5.12. The van der Waals surface area contributed by atoms with Crippen molar-refractivity contribution in [3.8, 4) is 0 Å². The number of hydrogen-bond acceptors (Lipinski definition) is 6.